The number of nitrogens with zero attached hydrogens (tertiary/aromatic N) is 2. The Hall–Kier alpha value is -3.45. The van der Waals surface area contributed by atoms with Crippen LogP contribution in [0.15, 0.2) is 71.8 Å². The topological polar surface area (TPSA) is 73.2 Å². The Labute approximate surface area is 176 Å². The van der Waals surface area contributed by atoms with Gasteiger partial charge in [-0.05, 0) is 17.7 Å². The molecule has 30 heavy (non-hydrogen) atoms. The Morgan fingerprint density at radius 2 is 1.97 bits per heavy atom. The molecule has 6 nitrogen and oxygen atoms in total. The van der Waals surface area contributed by atoms with Crippen molar-refractivity contribution >= 4 is 27.5 Å². The van der Waals surface area contributed by atoms with E-state index >= 15 is 0 Å². The summed E-state index contributed by atoms with van der Waals surface area (Å²) in [6, 6.07) is 19.3. The molecule has 7 heteroatoms. The Kier molecular flexibility index (Phi) is 4.80. The standard InChI is InChI=1S/C23H19N3O3S/c27-21(25-18-10-11-29-19-9-5-4-8-16(18)19)13-26-14-24-22-17(23(26)28)12-20(30-22)15-6-2-1-3-7-15/h1-9,12,14,18H,10-11,13H2,(H,25,27)/t18-/m0/s1. The highest BCUT2D eigenvalue weighted by molar-refractivity contribution is 7.21. The summed E-state index contributed by atoms with van der Waals surface area (Å²) in [6.45, 7) is 0.477. The molecule has 3 heterocycles. The molecule has 4 aromatic rings. The molecule has 0 saturated carbocycles. The van der Waals surface area contributed by atoms with Crippen LogP contribution in [0.1, 0.15) is 18.0 Å². The maximum absolute atomic E-state index is 12.9. The van der Waals surface area contributed by atoms with Gasteiger partial charge in [-0.25, -0.2) is 4.98 Å². The van der Waals surface area contributed by atoms with Crippen LogP contribution in [-0.2, 0) is 11.3 Å². The van der Waals surface area contributed by atoms with E-state index in [0.29, 0.717) is 23.2 Å². The number of hydrogen-bond donors (Lipinski definition) is 1. The number of carbonyl (C=O) groups excluding carboxylic acids is 1. The molecule has 0 saturated heterocycles. The van der Waals surface area contributed by atoms with E-state index in [9.17, 15) is 9.59 Å². The first-order valence-corrected chi connectivity index (χ1v) is 10.6. The van der Waals surface area contributed by atoms with Gasteiger partial charge in [-0.3, -0.25) is 14.2 Å². The van der Waals surface area contributed by atoms with Crippen molar-refractivity contribution < 1.29 is 9.53 Å². The summed E-state index contributed by atoms with van der Waals surface area (Å²) in [5.74, 6) is 0.569. The number of ether oxygens (including phenoxy) is 1. The van der Waals surface area contributed by atoms with Crippen LogP contribution < -0.4 is 15.6 Å². The lowest BCUT2D eigenvalue weighted by Crippen LogP contribution is -2.36. The Morgan fingerprint density at radius 1 is 1.17 bits per heavy atom. The zero-order valence-electron chi connectivity index (χ0n) is 16.1. The molecule has 2 aromatic heterocycles. The first-order chi connectivity index (χ1) is 14.7. The number of para-hydroxylation sites is 1. The summed E-state index contributed by atoms with van der Waals surface area (Å²) in [7, 11) is 0. The summed E-state index contributed by atoms with van der Waals surface area (Å²) in [5, 5.41) is 3.56. The predicted octanol–water partition coefficient (Wildman–Crippen LogP) is 3.77. The van der Waals surface area contributed by atoms with Gasteiger partial charge in [0, 0.05) is 16.9 Å². The number of carbonyl (C=O) groups is 1. The summed E-state index contributed by atoms with van der Waals surface area (Å²) in [6.07, 6.45) is 2.15. The fraction of sp³-hybridized carbons (Fsp3) is 0.174. The van der Waals surface area contributed by atoms with Crippen LogP contribution in [0.2, 0.25) is 0 Å². The Bertz CT molecular complexity index is 1280. The SMILES string of the molecule is O=C(Cn1cnc2sc(-c3ccccc3)cc2c1=O)N[C@H]1CCOc2ccccc21. The lowest BCUT2D eigenvalue weighted by atomic mass is 10.0. The third-order valence-electron chi connectivity index (χ3n) is 5.18. The molecular formula is C23H19N3O3S. The molecule has 0 radical (unpaired) electrons. The maximum atomic E-state index is 12.9. The van der Waals surface area contributed by atoms with Gasteiger partial charge in [0.1, 0.15) is 17.1 Å². The largest absolute Gasteiger partial charge is 0.493 e. The summed E-state index contributed by atoms with van der Waals surface area (Å²) >= 11 is 1.47. The minimum atomic E-state index is -0.224. The molecule has 2 aromatic carbocycles. The van der Waals surface area contributed by atoms with E-state index in [0.717, 1.165) is 21.8 Å². The molecule has 1 aliphatic rings. The van der Waals surface area contributed by atoms with Gasteiger partial charge in [-0.15, -0.1) is 11.3 Å². The number of fused-ring (bicyclic) bond motifs is 2. The zero-order valence-corrected chi connectivity index (χ0v) is 16.9. The van der Waals surface area contributed by atoms with E-state index in [4.69, 9.17) is 4.74 Å². The third kappa shape index (κ3) is 3.48. The zero-order chi connectivity index (χ0) is 20.5. The van der Waals surface area contributed by atoms with Gasteiger partial charge in [0.2, 0.25) is 5.91 Å². The molecule has 1 amide bonds. The number of benzene rings is 2. The highest BCUT2D eigenvalue weighted by Gasteiger charge is 2.23. The van der Waals surface area contributed by atoms with E-state index < -0.39 is 0 Å². The highest BCUT2D eigenvalue weighted by Crippen LogP contribution is 2.32. The first kappa shape index (κ1) is 18.6. The minimum absolute atomic E-state index is 0.0716. The van der Waals surface area contributed by atoms with E-state index in [1.54, 1.807) is 0 Å². The van der Waals surface area contributed by atoms with Gasteiger partial charge in [-0.1, -0.05) is 48.5 Å². The molecule has 0 aliphatic carbocycles. The van der Waals surface area contributed by atoms with Crippen molar-refractivity contribution in [2.75, 3.05) is 6.61 Å². The number of aromatic nitrogens is 2. The van der Waals surface area contributed by atoms with Crippen molar-refractivity contribution in [1.82, 2.24) is 14.9 Å². The van der Waals surface area contributed by atoms with Gasteiger partial charge in [0.05, 0.1) is 24.4 Å². The quantitative estimate of drug-likeness (QED) is 0.549. The summed E-state index contributed by atoms with van der Waals surface area (Å²) < 4.78 is 7.01. The van der Waals surface area contributed by atoms with Gasteiger partial charge in [0.25, 0.3) is 5.56 Å². The number of thiophene rings is 1. The van der Waals surface area contributed by atoms with Crippen molar-refractivity contribution in [3.05, 3.63) is 82.9 Å². The van der Waals surface area contributed by atoms with Crippen molar-refractivity contribution in [3.8, 4) is 16.2 Å². The molecule has 0 spiro atoms. The van der Waals surface area contributed by atoms with Gasteiger partial charge < -0.3 is 10.1 Å². The van der Waals surface area contributed by atoms with E-state index in [-0.39, 0.29) is 24.1 Å². The van der Waals surface area contributed by atoms with Crippen LogP contribution >= 0.6 is 11.3 Å². The van der Waals surface area contributed by atoms with Crippen LogP contribution in [0.5, 0.6) is 5.75 Å². The van der Waals surface area contributed by atoms with Crippen LogP contribution in [0, 0.1) is 0 Å². The molecule has 150 valence electrons. The molecule has 0 bridgehead atoms. The minimum Gasteiger partial charge on any atom is -0.493 e. The Morgan fingerprint density at radius 3 is 2.83 bits per heavy atom. The molecule has 1 atom stereocenters. The Balaban J connectivity index is 1.37. The van der Waals surface area contributed by atoms with E-state index in [1.807, 2.05) is 60.7 Å². The second kappa shape index (κ2) is 7.76. The summed E-state index contributed by atoms with van der Waals surface area (Å²) in [5.41, 5.74) is 1.80. The maximum Gasteiger partial charge on any atom is 0.262 e. The first-order valence-electron chi connectivity index (χ1n) is 9.74. The monoisotopic (exact) mass is 417 g/mol. The number of amides is 1. The number of rotatable bonds is 4. The molecule has 1 N–H and O–H groups in total. The fourth-order valence-electron chi connectivity index (χ4n) is 3.70. The number of hydrogen-bond acceptors (Lipinski definition) is 5. The molecule has 1 aliphatic heterocycles. The molecule has 0 fully saturated rings. The fourth-order valence-corrected chi connectivity index (χ4v) is 4.70. The lowest BCUT2D eigenvalue weighted by molar-refractivity contribution is -0.122. The molecular weight excluding hydrogens is 398 g/mol. The van der Waals surface area contributed by atoms with Crippen LogP contribution in [0.25, 0.3) is 20.7 Å². The van der Waals surface area contributed by atoms with Crippen LogP contribution in [0.3, 0.4) is 0 Å². The van der Waals surface area contributed by atoms with Crippen molar-refractivity contribution in [3.63, 3.8) is 0 Å². The summed E-state index contributed by atoms with van der Waals surface area (Å²) in [4.78, 5) is 31.7. The van der Waals surface area contributed by atoms with Gasteiger partial charge in [0.15, 0.2) is 0 Å². The van der Waals surface area contributed by atoms with Crippen LogP contribution in [-0.4, -0.2) is 22.1 Å². The number of nitrogens with one attached hydrogen (secondary N) is 1. The normalized spacial score (nSPS) is 15.4. The van der Waals surface area contributed by atoms with Crippen molar-refractivity contribution in [2.45, 2.75) is 19.0 Å². The average Bonchev–Trinajstić information content (AvgIpc) is 3.22. The second-order valence-electron chi connectivity index (χ2n) is 7.17. The molecule has 0 unspecified atom stereocenters. The second-order valence-corrected chi connectivity index (χ2v) is 8.20. The van der Waals surface area contributed by atoms with E-state index in [1.165, 1.54) is 22.2 Å². The lowest BCUT2D eigenvalue weighted by Gasteiger charge is -2.26. The predicted molar refractivity (Wildman–Crippen MR) is 117 cm³/mol. The van der Waals surface area contributed by atoms with Gasteiger partial charge in [-0.2, -0.15) is 0 Å². The van der Waals surface area contributed by atoms with Crippen molar-refractivity contribution in [1.29, 1.82) is 0 Å². The molecule has 5 rings (SSSR count). The van der Waals surface area contributed by atoms with E-state index in [2.05, 4.69) is 10.3 Å². The van der Waals surface area contributed by atoms with Crippen LogP contribution in [0.4, 0.5) is 0 Å². The van der Waals surface area contributed by atoms with Gasteiger partial charge >= 0.3 is 0 Å². The highest BCUT2D eigenvalue weighted by atomic mass is 32.1. The average molecular weight is 417 g/mol. The smallest absolute Gasteiger partial charge is 0.262 e. The van der Waals surface area contributed by atoms with Crippen molar-refractivity contribution in [2.24, 2.45) is 0 Å². The third-order valence-corrected chi connectivity index (χ3v) is 6.28.